The van der Waals surface area contributed by atoms with E-state index in [4.69, 9.17) is 28.9 Å². The number of allylic oxidation sites excluding steroid dienone is 3. The highest BCUT2D eigenvalue weighted by Gasteiger charge is 2.45. The lowest BCUT2D eigenvalue weighted by Crippen LogP contribution is -2.42. The largest absolute Gasteiger partial charge is 0.384 e. The van der Waals surface area contributed by atoms with Crippen molar-refractivity contribution in [1.82, 2.24) is 10.2 Å². The summed E-state index contributed by atoms with van der Waals surface area (Å²) < 4.78 is 0.580. The molecule has 3 aromatic rings. The fourth-order valence-corrected chi connectivity index (χ4v) is 7.14. The summed E-state index contributed by atoms with van der Waals surface area (Å²) in [4.78, 5) is 28.0. The van der Waals surface area contributed by atoms with E-state index in [9.17, 15) is 14.9 Å². The quantitative estimate of drug-likeness (QED) is 0.233. The van der Waals surface area contributed by atoms with Crippen LogP contribution in [-0.4, -0.2) is 27.5 Å². The van der Waals surface area contributed by atoms with Gasteiger partial charge in [-0.25, -0.2) is 0 Å². The number of nitrogens with zero attached hydrogens (tertiary/aromatic N) is 4. The second-order valence-corrected chi connectivity index (χ2v) is 13.6. The van der Waals surface area contributed by atoms with E-state index in [0.29, 0.717) is 54.8 Å². The van der Waals surface area contributed by atoms with Crippen molar-refractivity contribution in [2.24, 2.45) is 11.1 Å². The van der Waals surface area contributed by atoms with Gasteiger partial charge in [-0.3, -0.25) is 14.5 Å². The van der Waals surface area contributed by atoms with Crippen LogP contribution < -0.4 is 10.6 Å². The number of benzene rings is 2. The molecule has 0 fully saturated rings. The molecule has 40 heavy (non-hydrogen) atoms. The van der Waals surface area contributed by atoms with Gasteiger partial charge in [0.2, 0.25) is 5.13 Å². The summed E-state index contributed by atoms with van der Waals surface area (Å²) >= 11 is 15.0. The Balaban J connectivity index is 1.52. The summed E-state index contributed by atoms with van der Waals surface area (Å²) in [5.41, 5.74) is 10.2. The topological polar surface area (TPSA) is 113 Å². The van der Waals surface area contributed by atoms with Gasteiger partial charge in [0.1, 0.15) is 5.82 Å². The average Bonchev–Trinajstić information content (AvgIpc) is 3.36. The zero-order valence-electron chi connectivity index (χ0n) is 22.0. The number of nitrogens with two attached hydrogens (primary N) is 1. The van der Waals surface area contributed by atoms with Gasteiger partial charge in [-0.1, -0.05) is 96.0 Å². The van der Waals surface area contributed by atoms with Gasteiger partial charge >= 0.3 is 0 Å². The van der Waals surface area contributed by atoms with Crippen LogP contribution in [0.1, 0.15) is 54.1 Å². The standard InChI is InChI=1S/C29H25Cl2N5O2S2/c1-15-4-6-16(7-5-15)23(38)14-39-28-35-34-27(40-28)36-21-11-29(2,3)12-22(37)25(21)24(18(13-32)26(36)33)17-8-9-19(30)20(31)10-17/h4-10,24H,11-12,14,33H2,1-3H3. The Bertz CT molecular complexity index is 1640. The fourth-order valence-electron chi connectivity index (χ4n) is 5.05. The second-order valence-electron chi connectivity index (χ2n) is 10.6. The van der Waals surface area contributed by atoms with Gasteiger partial charge in [-0.15, -0.1) is 10.2 Å². The Morgan fingerprint density at radius 3 is 2.58 bits per heavy atom. The molecule has 204 valence electrons. The third-order valence-corrected chi connectivity index (χ3v) is 9.73. The first kappa shape index (κ1) is 28.4. The van der Waals surface area contributed by atoms with E-state index in [1.165, 1.54) is 23.1 Å². The number of nitriles is 1. The number of thioether (sulfide) groups is 1. The Labute approximate surface area is 250 Å². The number of anilines is 1. The van der Waals surface area contributed by atoms with Crippen molar-refractivity contribution in [1.29, 1.82) is 5.26 Å². The second kappa shape index (κ2) is 11.0. The predicted octanol–water partition coefficient (Wildman–Crippen LogP) is 7.07. The summed E-state index contributed by atoms with van der Waals surface area (Å²) in [5, 5.41) is 20.0. The summed E-state index contributed by atoms with van der Waals surface area (Å²) in [6.45, 7) is 6.02. The maximum absolute atomic E-state index is 13.7. The maximum atomic E-state index is 13.7. The highest BCUT2D eigenvalue weighted by Crippen LogP contribution is 2.51. The summed E-state index contributed by atoms with van der Waals surface area (Å²) in [6, 6.07) is 14.8. The monoisotopic (exact) mass is 609 g/mol. The number of rotatable bonds is 6. The maximum Gasteiger partial charge on any atom is 0.219 e. The molecule has 0 saturated carbocycles. The zero-order valence-corrected chi connectivity index (χ0v) is 25.1. The van der Waals surface area contributed by atoms with Crippen molar-refractivity contribution in [2.75, 3.05) is 10.7 Å². The Morgan fingerprint density at radius 2 is 1.90 bits per heavy atom. The van der Waals surface area contributed by atoms with Crippen LogP contribution in [0.4, 0.5) is 5.13 Å². The normalized spacial score (nSPS) is 18.6. The first-order chi connectivity index (χ1) is 19.0. The molecule has 2 aliphatic rings. The number of halogens is 2. The molecule has 2 heterocycles. The molecule has 0 saturated heterocycles. The molecular formula is C29H25Cl2N5O2S2. The van der Waals surface area contributed by atoms with Crippen molar-refractivity contribution in [3.8, 4) is 6.07 Å². The number of aryl methyl sites for hydroxylation is 1. The SMILES string of the molecule is Cc1ccc(C(=O)CSc2nnc(N3C(N)=C(C#N)C(c4ccc(Cl)c(Cl)c4)C4=C3CC(C)(C)CC4=O)s2)cc1. The van der Waals surface area contributed by atoms with Crippen molar-refractivity contribution < 1.29 is 9.59 Å². The van der Waals surface area contributed by atoms with Gasteiger partial charge in [-0.05, 0) is 36.5 Å². The zero-order chi connectivity index (χ0) is 28.8. The minimum Gasteiger partial charge on any atom is -0.384 e. The number of carbonyl (C=O) groups excluding carboxylic acids is 2. The minimum absolute atomic E-state index is 0.0139. The van der Waals surface area contributed by atoms with Crippen LogP contribution >= 0.6 is 46.3 Å². The van der Waals surface area contributed by atoms with Crippen LogP contribution in [0.5, 0.6) is 0 Å². The number of carbonyl (C=O) groups is 2. The molecule has 1 aromatic heterocycles. The number of Topliss-reactive ketones (excluding diaryl/α,β-unsaturated/α-hetero) is 2. The van der Waals surface area contributed by atoms with Gasteiger partial charge in [0.05, 0.1) is 33.4 Å². The smallest absolute Gasteiger partial charge is 0.219 e. The van der Waals surface area contributed by atoms with Gasteiger partial charge in [0, 0.05) is 23.3 Å². The Hall–Kier alpha value is -3.16. The molecule has 2 aromatic carbocycles. The van der Waals surface area contributed by atoms with Crippen LogP contribution in [0, 0.1) is 23.7 Å². The van der Waals surface area contributed by atoms with Gasteiger partial charge in [0.25, 0.3) is 0 Å². The molecule has 1 aliphatic heterocycles. The highest BCUT2D eigenvalue weighted by atomic mass is 35.5. The van der Waals surface area contributed by atoms with Crippen LogP contribution in [0.15, 0.2) is 69.5 Å². The van der Waals surface area contributed by atoms with Gasteiger partial charge in [-0.2, -0.15) is 5.26 Å². The molecule has 11 heteroatoms. The molecule has 0 radical (unpaired) electrons. The minimum atomic E-state index is -0.677. The Kier molecular flexibility index (Phi) is 7.81. The summed E-state index contributed by atoms with van der Waals surface area (Å²) in [6.07, 6.45) is 0.869. The van der Waals surface area contributed by atoms with E-state index < -0.39 is 5.92 Å². The first-order valence-electron chi connectivity index (χ1n) is 12.5. The molecule has 0 bridgehead atoms. The summed E-state index contributed by atoms with van der Waals surface area (Å²) in [7, 11) is 0. The van der Waals surface area contributed by atoms with Crippen LogP contribution in [0.25, 0.3) is 0 Å². The van der Waals surface area contributed by atoms with Crippen LogP contribution in [0.3, 0.4) is 0 Å². The van der Waals surface area contributed by atoms with E-state index in [-0.39, 0.29) is 34.1 Å². The number of ketones is 2. The number of hydrogen-bond donors (Lipinski definition) is 1. The molecule has 1 aliphatic carbocycles. The van der Waals surface area contributed by atoms with E-state index in [1.807, 2.05) is 45.0 Å². The molecule has 2 N–H and O–H groups in total. The third kappa shape index (κ3) is 5.41. The van der Waals surface area contributed by atoms with E-state index >= 15 is 0 Å². The van der Waals surface area contributed by atoms with Gasteiger partial charge < -0.3 is 5.73 Å². The van der Waals surface area contributed by atoms with Crippen molar-refractivity contribution in [3.05, 3.63) is 91.9 Å². The lowest BCUT2D eigenvalue weighted by Gasteiger charge is -2.42. The molecule has 5 rings (SSSR count). The van der Waals surface area contributed by atoms with E-state index in [2.05, 4.69) is 16.3 Å². The number of aromatic nitrogens is 2. The van der Waals surface area contributed by atoms with E-state index in [1.54, 1.807) is 23.1 Å². The highest BCUT2D eigenvalue weighted by molar-refractivity contribution is 8.01. The molecule has 0 amide bonds. The number of hydrogen-bond acceptors (Lipinski definition) is 9. The molecule has 1 atom stereocenters. The Morgan fingerprint density at radius 1 is 1.18 bits per heavy atom. The van der Waals surface area contributed by atoms with Crippen LogP contribution in [-0.2, 0) is 4.79 Å². The molecule has 0 spiro atoms. The van der Waals surface area contributed by atoms with Crippen molar-refractivity contribution >= 4 is 63.0 Å². The fraction of sp³-hybridized carbons (Fsp3) is 0.276. The molecule has 7 nitrogen and oxygen atoms in total. The van der Waals surface area contributed by atoms with Gasteiger partial charge in [0.15, 0.2) is 15.9 Å². The van der Waals surface area contributed by atoms with E-state index in [0.717, 1.165) is 5.56 Å². The molecule has 1 unspecified atom stereocenters. The first-order valence-corrected chi connectivity index (χ1v) is 15.0. The average molecular weight is 611 g/mol. The van der Waals surface area contributed by atoms with Crippen molar-refractivity contribution in [3.63, 3.8) is 0 Å². The van der Waals surface area contributed by atoms with Crippen molar-refractivity contribution in [2.45, 2.75) is 43.9 Å². The lowest BCUT2D eigenvalue weighted by molar-refractivity contribution is -0.118. The summed E-state index contributed by atoms with van der Waals surface area (Å²) in [5.74, 6) is -0.365. The van der Waals surface area contributed by atoms with Crippen LogP contribution in [0.2, 0.25) is 10.0 Å². The molecular weight excluding hydrogens is 585 g/mol. The third-order valence-electron chi connectivity index (χ3n) is 6.95. The predicted molar refractivity (Wildman–Crippen MR) is 160 cm³/mol. The lowest BCUT2D eigenvalue weighted by atomic mass is 9.69.